The molecular formula is C17H14Se. The van der Waals surface area contributed by atoms with E-state index in [1.165, 1.54) is 25.6 Å². The van der Waals surface area contributed by atoms with Crippen LogP contribution in [-0.4, -0.2) is 15.0 Å². The van der Waals surface area contributed by atoms with Crippen molar-refractivity contribution in [2.45, 2.75) is 6.92 Å². The summed E-state index contributed by atoms with van der Waals surface area (Å²) in [5.74, 6) is 0. The van der Waals surface area contributed by atoms with E-state index >= 15 is 0 Å². The Morgan fingerprint density at radius 3 is 2.28 bits per heavy atom. The van der Waals surface area contributed by atoms with Crippen LogP contribution in [0, 0.1) is 6.92 Å². The molecule has 0 atom stereocenters. The Bertz CT molecular complexity index is 628. The van der Waals surface area contributed by atoms with E-state index in [4.69, 9.17) is 0 Å². The third-order valence-corrected chi connectivity index (χ3v) is 5.27. The van der Waals surface area contributed by atoms with Crippen molar-refractivity contribution in [2.24, 2.45) is 0 Å². The summed E-state index contributed by atoms with van der Waals surface area (Å²) < 4.78 is 2.90. The summed E-state index contributed by atoms with van der Waals surface area (Å²) in [5.41, 5.74) is 4.05. The minimum absolute atomic E-state index is 0.394. The van der Waals surface area contributed by atoms with Crippen LogP contribution in [0.5, 0.6) is 0 Å². The van der Waals surface area contributed by atoms with Crippen molar-refractivity contribution in [3.05, 3.63) is 72.3 Å². The molecule has 0 saturated heterocycles. The summed E-state index contributed by atoms with van der Waals surface area (Å²) in [6, 6.07) is 24.1. The number of aryl methyl sites for hydroxylation is 1. The molecule has 0 fully saturated rings. The summed E-state index contributed by atoms with van der Waals surface area (Å²) in [6.07, 6.45) is 0. The van der Waals surface area contributed by atoms with E-state index in [0.717, 1.165) is 0 Å². The van der Waals surface area contributed by atoms with Crippen molar-refractivity contribution in [1.29, 1.82) is 0 Å². The summed E-state index contributed by atoms with van der Waals surface area (Å²) in [7, 11) is 0. The monoisotopic (exact) mass is 298 g/mol. The first-order valence-corrected chi connectivity index (χ1v) is 7.76. The molecule has 0 heterocycles. The van der Waals surface area contributed by atoms with Gasteiger partial charge in [-0.05, 0) is 0 Å². The molecular weight excluding hydrogens is 283 g/mol. The van der Waals surface area contributed by atoms with Gasteiger partial charge in [0.15, 0.2) is 0 Å². The van der Waals surface area contributed by atoms with Crippen LogP contribution in [-0.2, 0) is 0 Å². The molecule has 1 aromatic carbocycles. The summed E-state index contributed by atoms with van der Waals surface area (Å²) in [5, 5.41) is 0. The van der Waals surface area contributed by atoms with Crippen LogP contribution in [0.3, 0.4) is 0 Å². The molecule has 2 aliphatic carbocycles. The average molecular weight is 297 g/mol. The fourth-order valence-electron chi connectivity index (χ4n) is 2.01. The van der Waals surface area contributed by atoms with Gasteiger partial charge in [0.2, 0.25) is 0 Å². The average Bonchev–Trinajstić information content (AvgIpc) is 2.67. The fourth-order valence-corrected chi connectivity index (χ4v) is 4.06. The quantitative estimate of drug-likeness (QED) is 0.638. The molecule has 0 unspecified atom stereocenters. The van der Waals surface area contributed by atoms with Crippen LogP contribution < -0.4 is 8.92 Å². The topological polar surface area (TPSA) is 0 Å². The Labute approximate surface area is 114 Å². The van der Waals surface area contributed by atoms with Gasteiger partial charge in [0.1, 0.15) is 0 Å². The Kier molecular flexibility index (Phi) is 3.18. The Hall–Kier alpha value is -1.56. The Balaban J connectivity index is 2.00. The Morgan fingerprint density at radius 1 is 0.722 bits per heavy atom. The van der Waals surface area contributed by atoms with Crippen LogP contribution >= 0.6 is 0 Å². The molecule has 0 spiro atoms. The second-order valence-electron chi connectivity index (χ2n) is 4.39. The summed E-state index contributed by atoms with van der Waals surface area (Å²) >= 11 is 0.394. The van der Waals surface area contributed by atoms with Gasteiger partial charge in [-0.2, -0.15) is 0 Å². The molecule has 0 radical (unpaired) electrons. The second kappa shape index (κ2) is 4.97. The van der Waals surface area contributed by atoms with Gasteiger partial charge in [-0.1, -0.05) is 0 Å². The van der Waals surface area contributed by atoms with Gasteiger partial charge in [0.25, 0.3) is 0 Å². The maximum absolute atomic E-state index is 2.27. The molecule has 0 saturated carbocycles. The van der Waals surface area contributed by atoms with E-state index in [1.807, 2.05) is 0 Å². The van der Waals surface area contributed by atoms with E-state index in [1.54, 1.807) is 0 Å². The van der Waals surface area contributed by atoms with E-state index in [9.17, 15) is 0 Å². The first kappa shape index (κ1) is 11.5. The van der Waals surface area contributed by atoms with Gasteiger partial charge in [-0.3, -0.25) is 0 Å². The first-order chi connectivity index (χ1) is 8.83. The number of rotatable bonds is 2. The minimum atomic E-state index is 0.394. The van der Waals surface area contributed by atoms with Crippen molar-refractivity contribution in [3.63, 3.8) is 0 Å². The van der Waals surface area contributed by atoms with Gasteiger partial charge >= 0.3 is 114 Å². The van der Waals surface area contributed by atoms with Crippen molar-refractivity contribution in [1.82, 2.24) is 0 Å². The molecule has 0 amide bonds. The molecule has 2 aliphatic rings. The molecule has 88 valence electrons. The molecule has 3 rings (SSSR count). The molecule has 0 aromatic heterocycles. The summed E-state index contributed by atoms with van der Waals surface area (Å²) in [4.78, 5) is 0. The third-order valence-electron chi connectivity index (χ3n) is 3.00. The number of fused-ring (bicyclic) bond motifs is 1. The van der Waals surface area contributed by atoms with Gasteiger partial charge < -0.3 is 0 Å². The van der Waals surface area contributed by atoms with E-state index in [-0.39, 0.29) is 0 Å². The molecule has 0 bridgehead atoms. The molecule has 0 nitrogen and oxygen atoms in total. The van der Waals surface area contributed by atoms with Crippen LogP contribution in [0.25, 0.3) is 11.1 Å². The van der Waals surface area contributed by atoms with Gasteiger partial charge in [-0.25, -0.2) is 0 Å². The van der Waals surface area contributed by atoms with E-state index < -0.39 is 0 Å². The molecule has 1 aromatic rings. The normalized spacial score (nSPS) is 10.7. The van der Waals surface area contributed by atoms with Crippen molar-refractivity contribution in [2.75, 3.05) is 0 Å². The third kappa shape index (κ3) is 2.33. The standard InChI is InChI=1S/C17H14Se/c1-13-7-9-14-10-12-17(16(14)11-8-13)18-15-5-3-2-4-6-15/h2-12H,1H3. The zero-order valence-corrected chi connectivity index (χ0v) is 12.0. The number of benzene rings is 1. The van der Waals surface area contributed by atoms with Crippen LogP contribution in [0.2, 0.25) is 0 Å². The number of hydrogen-bond donors (Lipinski definition) is 0. The predicted octanol–water partition coefficient (Wildman–Crippen LogP) is 2.75. The van der Waals surface area contributed by atoms with Crippen molar-refractivity contribution >= 4 is 23.9 Å². The second-order valence-corrected chi connectivity index (χ2v) is 6.73. The van der Waals surface area contributed by atoms with Gasteiger partial charge in [-0.15, -0.1) is 0 Å². The molecule has 0 N–H and O–H groups in total. The van der Waals surface area contributed by atoms with Crippen molar-refractivity contribution < 1.29 is 0 Å². The molecule has 1 heteroatoms. The zero-order chi connectivity index (χ0) is 12.4. The van der Waals surface area contributed by atoms with Gasteiger partial charge in [0, 0.05) is 0 Å². The first-order valence-electron chi connectivity index (χ1n) is 6.05. The van der Waals surface area contributed by atoms with Crippen LogP contribution in [0.4, 0.5) is 0 Å². The summed E-state index contributed by atoms with van der Waals surface area (Å²) in [6.45, 7) is 2.14. The Morgan fingerprint density at radius 2 is 1.44 bits per heavy atom. The van der Waals surface area contributed by atoms with Crippen LogP contribution in [0.15, 0.2) is 66.7 Å². The fraction of sp³-hybridized carbons (Fsp3) is 0.0588. The molecule has 18 heavy (non-hydrogen) atoms. The maximum atomic E-state index is 2.27. The molecule has 0 aliphatic heterocycles. The van der Waals surface area contributed by atoms with Crippen LogP contribution in [0.1, 0.15) is 5.56 Å². The zero-order valence-electron chi connectivity index (χ0n) is 10.3. The van der Waals surface area contributed by atoms with E-state index in [0.29, 0.717) is 15.0 Å². The van der Waals surface area contributed by atoms with Gasteiger partial charge in [0.05, 0.1) is 0 Å². The number of hydrogen-bond acceptors (Lipinski definition) is 0. The van der Waals surface area contributed by atoms with E-state index in [2.05, 4.69) is 73.7 Å². The van der Waals surface area contributed by atoms with Crippen molar-refractivity contribution in [3.8, 4) is 11.1 Å². The SMILES string of the molecule is Cc1ccc2ccc([Se]c3ccccc3)c-2cc1. The predicted molar refractivity (Wildman–Crippen MR) is 79.3 cm³/mol.